The summed E-state index contributed by atoms with van der Waals surface area (Å²) in [4.78, 5) is 26.3. The molecule has 0 spiro atoms. The molecule has 1 heterocycles. The molecular formula is C12H18N2O3S. The number of hydrogen-bond donors (Lipinski definition) is 1. The molecule has 0 aliphatic rings. The van der Waals surface area contributed by atoms with Crippen LogP contribution in [0.15, 0.2) is 11.4 Å². The van der Waals surface area contributed by atoms with Crippen molar-refractivity contribution in [3.63, 3.8) is 0 Å². The van der Waals surface area contributed by atoms with Crippen LogP contribution in [0.25, 0.3) is 0 Å². The number of thiophene rings is 1. The summed E-state index contributed by atoms with van der Waals surface area (Å²) in [7, 11) is 3.42. The minimum absolute atomic E-state index is 0.00604. The Labute approximate surface area is 111 Å². The largest absolute Gasteiger partial charge is 0.477 e. The van der Waals surface area contributed by atoms with Gasteiger partial charge in [-0.3, -0.25) is 4.79 Å². The van der Waals surface area contributed by atoms with E-state index in [1.807, 2.05) is 11.8 Å². The number of carboxylic acids is 1. The van der Waals surface area contributed by atoms with Crippen LogP contribution in [0.2, 0.25) is 0 Å². The normalized spacial score (nSPS) is 10.2. The number of anilines is 1. The zero-order chi connectivity index (χ0) is 13.7. The highest BCUT2D eigenvalue weighted by atomic mass is 32.1. The second-order valence-corrected chi connectivity index (χ2v) is 5.10. The topological polar surface area (TPSA) is 60.9 Å². The van der Waals surface area contributed by atoms with Gasteiger partial charge in [-0.05, 0) is 12.5 Å². The first kappa shape index (κ1) is 14.5. The molecule has 6 heteroatoms. The van der Waals surface area contributed by atoms with Gasteiger partial charge in [0.25, 0.3) is 0 Å². The van der Waals surface area contributed by atoms with Gasteiger partial charge in [-0.1, -0.05) is 6.92 Å². The molecule has 5 nitrogen and oxygen atoms in total. The molecule has 1 N–H and O–H groups in total. The van der Waals surface area contributed by atoms with Gasteiger partial charge in [-0.15, -0.1) is 11.3 Å². The van der Waals surface area contributed by atoms with Gasteiger partial charge in [0.15, 0.2) is 0 Å². The SMILES string of the molecule is CCCN(CC(=O)N(C)C)c1csc(C(=O)O)c1. The Morgan fingerprint density at radius 1 is 1.39 bits per heavy atom. The van der Waals surface area contributed by atoms with Crippen molar-refractivity contribution < 1.29 is 14.7 Å². The highest BCUT2D eigenvalue weighted by molar-refractivity contribution is 7.12. The van der Waals surface area contributed by atoms with Crippen LogP contribution in [0, 0.1) is 0 Å². The van der Waals surface area contributed by atoms with Crippen molar-refractivity contribution in [1.82, 2.24) is 4.90 Å². The van der Waals surface area contributed by atoms with E-state index in [0.29, 0.717) is 4.88 Å². The first-order chi connectivity index (χ1) is 8.45. The minimum atomic E-state index is -0.929. The molecule has 0 fully saturated rings. The lowest BCUT2D eigenvalue weighted by Gasteiger charge is -2.24. The van der Waals surface area contributed by atoms with Gasteiger partial charge >= 0.3 is 5.97 Å². The first-order valence-electron chi connectivity index (χ1n) is 5.72. The number of amides is 1. The number of nitrogens with zero attached hydrogens (tertiary/aromatic N) is 2. The number of hydrogen-bond acceptors (Lipinski definition) is 4. The maximum atomic E-state index is 11.7. The molecule has 1 aromatic heterocycles. The number of carbonyl (C=O) groups excluding carboxylic acids is 1. The van der Waals surface area contributed by atoms with Crippen LogP contribution in [-0.4, -0.2) is 49.1 Å². The molecule has 1 aromatic rings. The summed E-state index contributed by atoms with van der Waals surface area (Å²) >= 11 is 1.18. The number of carboxylic acid groups (broad SMARTS) is 1. The zero-order valence-corrected chi connectivity index (χ0v) is 11.7. The molecule has 0 aliphatic heterocycles. The summed E-state index contributed by atoms with van der Waals surface area (Å²) in [5.41, 5.74) is 0.800. The van der Waals surface area contributed by atoms with Gasteiger partial charge in [0.05, 0.1) is 6.54 Å². The van der Waals surface area contributed by atoms with Crippen molar-refractivity contribution in [3.05, 3.63) is 16.3 Å². The molecule has 0 aromatic carbocycles. The van der Waals surface area contributed by atoms with Gasteiger partial charge < -0.3 is 14.9 Å². The summed E-state index contributed by atoms with van der Waals surface area (Å²) in [6.07, 6.45) is 0.902. The summed E-state index contributed by atoms with van der Waals surface area (Å²) in [5.74, 6) is -0.923. The Bertz CT molecular complexity index is 429. The van der Waals surface area contributed by atoms with Crippen LogP contribution < -0.4 is 4.90 Å². The molecule has 0 atom stereocenters. The predicted octanol–water partition coefficient (Wildman–Crippen LogP) is 1.75. The standard InChI is InChI=1S/C12H18N2O3S/c1-4-5-14(7-11(15)13(2)3)9-6-10(12(16)17)18-8-9/h6,8H,4-5,7H2,1-3H3,(H,16,17). The maximum absolute atomic E-state index is 11.7. The number of carbonyl (C=O) groups is 2. The molecule has 0 saturated carbocycles. The highest BCUT2D eigenvalue weighted by Crippen LogP contribution is 2.23. The van der Waals surface area contributed by atoms with Crippen molar-refractivity contribution >= 4 is 28.9 Å². The van der Waals surface area contributed by atoms with Crippen LogP contribution in [0.1, 0.15) is 23.0 Å². The van der Waals surface area contributed by atoms with E-state index in [1.54, 1.807) is 25.5 Å². The van der Waals surface area contributed by atoms with E-state index in [2.05, 4.69) is 0 Å². The van der Waals surface area contributed by atoms with Gasteiger partial charge in [-0.2, -0.15) is 0 Å². The van der Waals surface area contributed by atoms with Crippen LogP contribution in [0.4, 0.5) is 5.69 Å². The molecule has 1 amide bonds. The molecule has 0 aliphatic carbocycles. The van der Waals surface area contributed by atoms with E-state index in [1.165, 1.54) is 16.2 Å². The molecule has 100 valence electrons. The summed E-state index contributed by atoms with van der Waals surface area (Å²) in [5, 5.41) is 10.7. The Morgan fingerprint density at radius 2 is 2.06 bits per heavy atom. The number of rotatable bonds is 6. The van der Waals surface area contributed by atoms with Crippen LogP contribution in [0.3, 0.4) is 0 Å². The smallest absolute Gasteiger partial charge is 0.345 e. The minimum Gasteiger partial charge on any atom is -0.477 e. The fourth-order valence-corrected chi connectivity index (χ4v) is 2.23. The van der Waals surface area contributed by atoms with Gasteiger partial charge in [-0.25, -0.2) is 4.79 Å². The summed E-state index contributed by atoms with van der Waals surface area (Å²) in [6, 6.07) is 1.62. The second-order valence-electron chi connectivity index (χ2n) is 4.18. The van der Waals surface area contributed by atoms with Gasteiger partial charge in [0.1, 0.15) is 4.88 Å². The van der Waals surface area contributed by atoms with Gasteiger partial charge in [0.2, 0.25) is 5.91 Å². The van der Waals surface area contributed by atoms with E-state index in [9.17, 15) is 9.59 Å². The zero-order valence-electron chi connectivity index (χ0n) is 10.8. The van der Waals surface area contributed by atoms with E-state index in [4.69, 9.17) is 5.11 Å². The summed E-state index contributed by atoms with van der Waals surface area (Å²) < 4.78 is 0. The molecule has 0 saturated heterocycles. The fourth-order valence-electron chi connectivity index (χ4n) is 1.48. The molecular weight excluding hydrogens is 252 g/mol. The fraction of sp³-hybridized carbons (Fsp3) is 0.500. The van der Waals surface area contributed by atoms with Crippen molar-refractivity contribution in [2.75, 3.05) is 32.1 Å². The Morgan fingerprint density at radius 3 is 2.50 bits per heavy atom. The van der Waals surface area contributed by atoms with Crippen LogP contribution >= 0.6 is 11.3 Å². The lowest BCUT2D eigenvalue weighted by Crippen LogP contribution is -2.36. The molecule has 0 radical (unpaired) electrons. The third-order valence-corrected chi connectivity index (χ3v) is 3.39. The first-order valence-corrected chi connectivity index (χ1v) is 6.60. The molecule has 0 bridgehead atoms. The van der Waals surface area contributed by atoms with E-state index in [0.717, 1.165) is 18.7 Å². The number of likely N-dealkylation sites (N-methyl/N-ethyl adjacent to an activating group) is 1. The lowest BCUT2D eigenvalue weighted by molar-refractivity contribution is -0.127. The average molecular weight is 270 g/mol. The quantitative estimate of drug-likeness (QED) is 0.855. The van der Waals surface area contributed by atoms with Crippen molar-refractivity contribution in [2.45, 2.75) is 13.3 Å². The van der Waals surface area contributed by atoms with Crippen LogP contribution in [0.5, 0.6) is 0 Å². The highest BCUT2D eigenvalue weighted by Gasteiger charge is 2.15. The Kier molecular flexibility index (Phi) is 5.15. The third kappa shape index (κ3) is 3.73. The monoisotopic (exact) mass is 270 g/mol. The Hall–Kier alpha value is -1.56. The number of aromatic carboxylic acids is 1. The molecule has 0 unspecified atom stereocenters. The van der Waals surface area contributed by atoms with E-state index in [-0.39, 0.29) is 12.5 Å². The van der Waals surface area contributed by atoms with Crippen LogP contribution in [-0.2, 0) is 4.79 Å². The Balaban J connectivity index is 2.83. The third-order valence-electron chi connectivity index (χ3n) is 2.48. The second kappa shape index (κ2) is 6.39. The molecule has 1 rings (SSSR count). The predicted molar refractivity (Wildman–Crippen MR) is 72.5 cm³/mol. The van der Waals surface area contributed by atoms with E-state index < -0.39 is 5.97 Å². The summed E-state index contributed by atoms with van der Waals surface area (Å²) in [6.45, 7) is 3.03. The average Bonchev–Trinajstić information content (AvgIpc) is 2.77. The van der Waals surface area contributed by atoms with Gasteiger partial charge in [0, 0.05) is 31.7 Å². The molecule has 18 heavy (non-hydrogen) atoms. The van der Waals surface area contributed by atoms with Crippen molar-refractivity contribution in [1.29, 1.82) is 0 Å². The maximum Gasteiger partial charge on any atom is 0.345 e. The van der Waals surface area contributed by atoms with Crippen molar-refractivity contribution in [2.24, 2.45) is 0 Å². The van der Waals surface area contributed by atoms with E-state index >= 15 is 0 Å². The lowest BCUT2D eigenvalue weighted by atomic mass is 10.3. The van der Waals surface area contributed by atoms with Crippen molar-refractivity contribution in [3.8, 4) is 0 Å².